The molecule has 0 saturated heterocycles. The van der Waals surface area contributed by atoms with Crippen LogP contribution in [0.3, 0.4) is 0 Å². The van der Waals surface area contributed by atoms with Crippen LogP contribution in [0.4, 0.5) is 0 Å². The second-order valence-electron chi connectivity index (χ2n) is 4.26. The molecule has 1 N–H and O–H groups in total. The molecule has 0 fully saturated rings. The molecule has 1 aromatic heterocycles. The maximum Gasteiger partial charge on any atom is 0.123 e. The Morgan fingerprint density at radius 2 is 2.26 bits per heavy atom. The Labute approximate surface area is 121 Å². The molecule has 0 radical (unpaired) electrons. The Hall–Kier alpha value is -1.40. The lowest BCUT2D eigenvalue weighted by molar-refractivity contribution is 0.288. The van der Waals surface area contributed by atoms with Crippen molar-refractivity contribution in [2.45, 2.75) is 20.0 Å². The number of nitrogens with one attached hydrogen (secondary N) is 1. The van der Waals surface area contributed by atoms with Crippen LogP contribution in [-0.2, 0) is 13.1 Å². The fourth-order valence-corrected chi connectivity index (χ4v) is 2.03. The minimum atomic E-state index is 0.569. The molecule has 0 unspecified atom stereocenters. The number of benzene rings is 1. The van der Waals surface area contributed by atoms with Gasteiger partial charge >= 0.3 is 0 Å². The SMILES string of the molecule is CNCc1cn(CCOc2cc(Br)ccc2C)nn1. The van der Waals surface area contributed by atoms with Gasteiger partial charge in [-0.25, -0.2) is 4.68 Å². The van der Waals surface area contributed by atoms with E-state index in [2.05, 4.69) is 31.6 Å². The second kappa shape index (κ2) is 6.68. The first-order valence-electron chi connectivity index (χ1n) is 6.11. The van der Waals surface area contributed by atoms with E-state index >= 15 is 0 Å². The number of aromatic nitrogens is 3. The van der Waals surface area contributed by atoms with Crippen LogP contribution in [0.5, 0.6) is 5.75 Å². The minimum Gasteiger partial charge on any atom is -0.491 e. The van der Waals surface area contributed by atoms with E-state index in [4.69, 9.17) is 4.74 Å². The van der Waals surface area contributed by atoms with Crippen LogP contribution in [-0.4, -0.2) is 28.6 Å². The van der Waals surface area contributed by atoms with E-state index in [0.29, 0.717) is 13.2 Å². The zero-order chi connectivity index (χ0) is 13.7. The molecule has 0 atom stereocenters. The average Bonchev–Trinajstić information content (AvgIpc) is 2.82. The Morgan fingerprint density at radius 1 is 1.42 bits per heavy atom. The van der Waals surface area contributed by atoms with Crippen LogP contribution in [0.15, 0.2) is 28.9 Å². The van der Waals surface area contributed by atoms with Crippen molar-refractivity contribution in [1.82, 2.24) is 20.3 Å². The van der Waals surface area contributed by atoms with Gasteiger partial charge in [0.15, 0.2) is 0 Å². The van der Waals surface area contributed by atoms with Gasteiger partial charge in [-0.3, -0.25) is 0 Å². The lowest BCUT2D eigenvalue weighted by Gasteiger charge is -2.09. The van der Waals surface area contributed by atoms with E-state index in [-0.39, 0.29) is 0 Å². The second-order valence-corrected chi connectivity index (χ2v) is 5.18. The average molecular weight is 325 g/mol. The highest BCUT2D eigenvalue weighted by Gasteiger charge is 2.02. The van der Waals surface area contributed by atoms with Gasteiger partial charge in [-0.05, 0) is 31.7 Å². The fourth-order valence-electron chi connectivity index (χ4n) is 1.69. The highest BCUT2D eigenvalue weighted by Crippen LogP contribution is 2.22. The zero-order valence-corrected chi connectivity index (χ0v) is 12.6. The number of ether oxygens (including phenoxy) is 1. The zero-order valence-electron chi connectivity index (χ0n) is 11.1. The quantitative estimate of drug-likeness (QED) is 0.884. The van der Waals surface area contributed by atoms with Gasteiger partial charge in [-0.2, -0.15) is 0 Å². The van der Waals surface area contributed by atoms with E-state index in [1.807, 2.05) is 38.4 Å². The van der Waals surface area contributed by atoms with Crippen LogP contribution in [0, 0.1) is 6.92 Å². The summed E-state index contributed by atoms with van der Waals surface area (Å²) < 4.78 is 8.57. The van der Waals surface area contributed by atoms with Crippen LogP contribution in [0.2, 0.25) is 0 Å². The Bertz CT molecular complexity index is 541. The number of aryl methyl sites for hydroxylation is 1. The number of nitrogens with zero attached hydrogens (tertiary/aromatic N) is 3. The normalized spacial score (nSPS) is 10.7. The predicted molar refractivity (Wildman–Crippen MR) is 77.2 cm³/mol. The van der Waals surface area contributed by atoms with E-state index < -0.39 is 0 Å². The Kier molecular flexibility index (Phi) is 4.93. The summed E-state index contributed by atoms with van der Waals surface area (Å²) in [5, 5.41) is 11.1. The summed E-state index contributed by atoms with van der Waals surface area (Å²) in [5.41, 5.74) is 2.05. The molecular weight excluding hydrogens is 308 g/mol. The Morgan fingerprint density at radius 3 is 3.05 bits per heavy atom. The first kappa shape index (κ1) is 14.0. The van der Waals surface area contributed by atoms with Crippen molar-refractivity contribution in [3.63, 3.8) is 0 Å². The molecule has 1 aromatic carbocycles. The molecule has 1 heterocycles. The van der Waals surface area contributed by atoms with Crippen molar-refractivity contribution in [2.24, 2.45) is 0 Å². The molecule has 0 saturated carbocycles. The molecule has 0 aliphatic heterocycles. The highest BCUT2D eigenvalue weighted by molar-refractivity contribution is 9.10. The number of halogens is 1. The van der Waals surface area contributed by atoms with Crippen molar-refractivity contribution < 1.29 is 4.74 Å². The smallest absolute Gasteiger partial charge is 0.123 e. The van der Waals surface area contributed by atoms with Gasteiger partial charge in [0.05, 0.1) is 12.2 Å². The number of rotatable bonds is 6. The molecule has 102 valence electrons. The standard InChI is InChI=1S/C13H17BrN4O/c1-10-3-4-11(14)7-13(10)19-6-5-18-9-12(8-15-2)16-17-18/h3-4,7,9,15H,5-6,8H2,1-2H3. The summed E-state index contributed by atoms with van der Waals surface area (Å²) in [7, 11) is 1.89. The van der Waals surface area contributed by atoms with Crippen molar-refractivity contribution >= 4 is 15.9 Å². The van der Waals surface area contributed by atoms with E-state index in [0.717, 1.165) is 28.0 Å². The summed E-state index contributed by atoms with van der Waals surface area (Å²) in [6, 6.07) is 6.01. The number of hydrogen-bond acceptors (Lipinski definition) is 4. The minimum absolute atomic E-state index is 0.569. The summed E-state index contributed by atoms with van der Waals surface area (Å²) in [6.07, 6.45) is 1.92. The first-order valence-corrected chi connectivity index (χ1v) is 6.91. The van der Waals surface area contributed by atoms with Crippen LogP contribution < -0.4 is 10.1 Å². The van der Waals surface area contributed by atoms with Gasteiger partial charge in [0.2, 0.25) is 0 Å². The Balaban J connectivity index is 1.87. The van der Waals surface area contributed by atoms with Crippen molar-refractivity contribution in [3.05, 3.63) is 40.1 Å². The molecule has 0 amide bonds. The fraction of sp³-hybridized carbons (Fsp3) is 0.385. The van der Waals surface area contributed by atoms with Crippen LogP contribution in [0.25, 0.3) is 0 Å². The molecule has 2 rings (SSSR count). The molecule has 19 heavy (non-hydrogen) atoms. The third-order valence-electron chi connectivity index (χ3n) is 2.67. The van der Waals surface area contributed by atoms with Gasteiger partial charge < -0.3 is 10.1 Å². The topological polar surface area (TPSA) is 52.0 Å². The molecule has 5 nitrogen and oxygen atoms in total. The van der Waals surface area contributed by atoms with Crippen molar-refractivity contribution in [2.75, 3.05) is 13.7 Å². The molecule has 0 bridgehead atoms. The summed E-state index contributed by atoms with van der Waals surface area (Å²) >= 11 is 3.44. The summed E-state index contributed by atoms with van der Waals surface area (Å²) in [6.45, 7) is 4.01. The first-order chi connectivity index (χ1) is 9.19. The van der Waals surface area contributed by atoms with Crippen LogP contribution >= 0.6 is 15.9 Å². The van der Waals surface area contributed by atoms with Crippen molar-refractivity contribution in [3.8, 4) is 5.75 Å². The molecule has 0 spiro atoms. The van der Waals surface area contributed by atoms with E-state index in [1.165, 1.54) is 0 Å². The summed E-state index contributed by atoms with van der Waals surface area (Å²) in [4.78, 5) is 0. The molecular formula is C13H17BrN4O. The van der Waals surface area contributed by atoms with Gasteiger partial charge in [0.1, 0.15) is 12.4 Å². The lowest BCUT2D eigenvalue weighted by Crippen LogP contribution is -2.09. The lowest BCUT2D eigenvalue weighted by atomic mass is 10.2. The van der Waals surface area contributed by atoms with Crippen molar-refractivity contribution in [1.29, 1.82) is 0 Å². The van der Waals surface area contributed by atoms with E-state index in [9.17, 15) is 0 Å². The maximum absolute atomic E-state index is 5.76. The predicted octanol–water partition coefficient (Wildman–Crippen LogP) is 2.15. The maximum atomic E-state index is 5.76. The van der Waals surface area contributed by atoms with E-state index in [1.54, 1.807) is 4.68 Å². The molecule has 0 aliphatic rings. The largest absolute Gasteiger partial charge is 0.491 e. The van der Waals surface area contributed by atoms with Crippen LogP contribution in [0.1, 0.15) is 11.3 Å². The number of hydrogen-bond donors (Lipinski definition) is 1. The van der Waals surface area contributed by atoms with Gasteiger partial charge in [0.25, 0.3) is 0 Å². The monoisotopic (exact) mass is 324 g/mol. The summed E-state index contributed by atoms with van der Waals surface area (Å²) in [5.74, 6) is 0.893. The molecule has 6 heteroatoms. The van der Waals surface area contributed by atoms with Gasteiger partial charge in [-0.1, -0.05) is 27.2 Å². The molecule has 2 aromatic rings. The van der Waals surface area contributed by atoms with Gasteiger partial charge in [-0.15, -0.1) is 5.10 Å². The highest BCUT2D eigenvalue weighted by atomic mass is 79.9. The third kappa shape index (κ3) is 4.04. The van der Waals surface area contributed by atoms with Gasteiger partial charge in [0, 0.05) is 17.2 Å². The third-order valence-corrected chi connectivity index (χ3v) is 3.17. The molecule has 0 aliphatic carbocycles.